The highest BCUT2D eigenvalue weighted by Gasteiger charge is 2.13. The SMILES string of the molecule is Cc1ccc(F)cc1NC(=O)CCc1nc(CSc2n[nH]c(-c3ccc(F)cc3)n2)no1. The molecular weight excluding hydrogens is 438 g/mol. The van der Waals surface area contributed by atoms with Crippen LogP contribution in [0.1, 0.15) is 23.7 Å². The maximum absolute atomic E-state index is 13.3. The van der Waals surface area contributed by atoms with Crippen molar-refractivity contribution in [2.75, 3.05) is 5.32 Å². The van der Waals surface area contributed by atoms with E-state index in [-0.39, 0.29) is 24.6 Å². The lowest BCUT2D eigenvalue weighted by Crippen LogP contribution is -2.13. The zero-order chi connectivity index (χ0) is 22.5. The maximum Gasteiger partial charge on any atom is 0.227 e. The van der Waals surface area contributed by atoms with Gasteiger partial charge in [0.1, 0.15) is 11.6 Å². The Morgan fingerprint density at radius 3 is 2.72 bits per heavy atom. The molecule has 0 aliphatic heterocycles. The van der Waals surface area contributed by atoms with E-state index in [4.69, 9.17) is 4.52 Å². The third kappa shape index (κ3) is 5.55. The molecule has 0 unspecified atom stereocenters. The average Bonchev–Trinajstić information content (AvgIpc) is 3.43. The fourth-order valence-electron chi connectivity index (χ4n) is 2.79. The quantitative estimate of drug-likeness (QED) is 0.380. The van der Waals surface area contributed by atoms with Crippen LogP contribution in [0, 0.1) is 18.6 Å². The Kier molecular flexibility index (Phi) is 6.55. The highest BCUT2D eigenvalue weighted by molar-refractivity contribution is 7.98. The normalized spacial score (nSPS) is 11.0. The first-order valence-electron chi connectivity index (χ1n) is 9.65. The molecule has 0 saturated heterocycles. The number of halogens is 2. The maximum atomic E-state index is 13.3. The average molecular weight is 456 g/mol. The van der Waals surface area contributed by atoms with E-state index < -0.39 is 5.82 Å². The molecule has 1 amide bonds. The number of anilines is 1. The van der Waals surface area contributed by atoms with Gasteiger partial charge in [-0.1, -0.05) is 23.0 Å². The molecule has 164 valence electrons. The van der Waals surface area contributed by atoms with E-state index in [9.17, 15) is 13.6 Å². The number of aromatic nitrogens is 5. The Labute approximate surface area is 185 Å². The van der Waals surface area contributed by atoms with Crippen molar-refractivity contribution >= 4 is 23.4 Å². The molecule has 4 rings (SSSR count). The summed E-state index contributed by atoms with van der Waals surface area (Å²) in [7, 11) is 0. The number of thioether (sulfide) groups is 1. The molecule has 11 heteroatoms. The third-order valence-electron chi connectivity index (χ3n) is 4.46. The molecule has 2 aromatic heterocycles. The largest absolute Gasteiger partial charge is 0.339 e. The molecule has 2 heterocycles. The Hall–Kier alpha value is -3.60. The van der Waals surface area contributed by atoms with Crippen LogP contribution in [0.2, 0.25) is 0 Å². The van der Waals surface area contributed by atoms with Crippen molar-refractivity contribution in [1.82, 2.24) is 25.3 Å². The highest BCUT2D eigenvalue weighted by Crippen LogP contribution is 2.22. The molecule has 2 aromatic carbocycles. The minimum atomic E-state index is -0.416. The minimum Gasteiger partial charge on any atom is -0.339 e. The minimum absolute atomic E-state index is 0.118. The molecule has 8 nitrogen and oxygen atoms in total. The van der Waals surface area contributed by atoms with E-state index in [0.29, 0.717) is 34.1 Å². The van der Waals surface area contributed by atoms with Crippen molar-refractivity contribution in [1.29, 1.82) is 0 Å². The number of benzene rings is 2. The molecule has 2 N–H and O–H groups in total. The molecule has 0 aliphatic carbocycles. The molecule has 0 fully saturated rings. The van der Waals surface area contributed by atoms with Crippen molar-refractivity contribution in [2.45, 2.75) is 30.7 Å². The number of nitrogens with one attached hydrogen (secondary N) is 2. The van der Waals surface area contributed by atoms with Crippen LogP contribution in [-0.2, 0) is 17.0 Å². The highest BCUT2D eigenvalue weighted by atomic mass is 32.2. The fraction of sp³-hybridized carbons (Fsp3) is 0.190. The van der Waals surface area contributed by atoms with Crippen LogP contribution in [0.15, 0.2) is 52.1 Å². The van der Waals surface area contributed by atoms with Crippen molar-refractivity contribution in [3.63, 3.8) is 0 Å². The Morgan fingerprint density at radius 1 is 1.12 bits per heavy atom. The fourth-order valence-corrected chi connectivity index (χ4v) is 3.43. The van der Waals surface area contributed by atoms with Crippen LogP contribution >= 0.6 is 11.8 Å². The second kappa shape index (κ2) is 9.69. The number of carbonyl (C=O) groups is 1. The van der Waals surface area contributed by atoms with E-state index >= 15 is 0 Å². The van der Waals surface area contributed by atoms with Crippen LogP contribution in [0.3, 0.4) is 0 Å². The first kappa shape index (κ1) is 21.6. The molecule has 0 spiro atoms. The van der Waals surface area contributed by atoms with Gasteiger partial charge in [0.15, 0.2) is 11.6 Å². The van der Waals surface area contributed by atoms with Gasteiger partial charge in [0.2, 0.25) is 17.0 Å². The number of rotatable bonds is 8. The van der Waals surface area contributed by atoms with E-state index in [0.717, 1.165) is 11.1 Å². The van der Waals surface area contributed by atoms with Crippen LogP contribution in [0.4, 0.5) is 14.5 Å². The molecule has 0 saturated carbocycles. The lowest BCUT2D eigenvalue weighted by molar-refractivity contribution is -0.116. The summed E-state index contributed by atoms with van der Waals surface area (Å²) in [6.07, 6.45) is 0.375. The Bertz CT molecular complexity index is 1230. The number of carbonyl (C=O) groups excluding carboxylic acids is 1. The van der Waals surface area contributed by atoms with Crippen LogP contribution in [-0.4, -0.2) is 31.2 Å². The van der Waals surface area contributed by atoms with Gasteiger partial charge in [-0.15, -0.1) is 5.10 Å². The molecular formula is C21H18F2N6O2S. The predicted octanol–water partition coefficient (Wildman–Crippen LogP) is 4.30. The molecule has 32 heavy (non-hydrogen) atoms. The van der Waals surface area contributed by atoms with Gasteiger partial charge < -0.3 is 9.84 Å². The summed E-state index contributed by atoms with van der Waals surface area (Å²) in [5, 5.41) is 14.0. The topological polar surface area (TPSA) is 110 Å². The van der Waals surface area contributed by atoms with E-state index in [1.165, 1.54) is 36.0 Å². The summed E-state index contributed by atoms with van der Waals surface area (Å²) in [6, 6.07) is 10.1. The molecule has 0 radical (unpaired) electrons. The summed E-state index contributed by atoms with van der Waals surface area (Å²) in [4.78, 5) is 20.8. The van der Waals surface area contributed by atoms with Crippen LogP contribution in [0.25, 0.3) is 11.4 Å². The van der Waals surface area contributed by atoms with E-state index in [2.05, 4.69) is 30.6 Å². The Balaban J connectivity index is 1.26. The van der Waals surface area contributed by atoms with Gasteiger partial charge in [0, 0.05) is 24.1 Å². The summed E-state index contributed by atoms with van der Waals surface area (Å²) in [5.74, 6) is 0.660. The van der Waals surface area contributed by atoms with E-state index in [1.54, 1.807) is 25.1 Å². The number of aromatic amines is 1. The van der Waals surface area contributed by atoms with Crippen molar-refractivity contribution in [3.8, 4) is 11.4 Å². The monoisotopic (exact) mass is 456 g/mol. The lowest BCUT2D eigenvalue weighted by atomic mass is 10.2. The van der Waals surface area contributed by atoms with Crippen LogP contribution < -0.4 is 5.32 Å². The van der Waals surface area contributed by atoms with Gasteiger partial charge in [-0.25, -0.2) is 13.8 Å². The molecule has 0 atom stereocenters. The standard InChI is InChI=1S/C21H18F2N6O2S/c1-12-2-5-15(23)10-16(12)24-18(30)8-9-19-25-17(29-31-19)11-32-21-26-20(27-28-21)13-3-6-14(22)7-4-13/h2-7,10H,8-9,11H2,1H3,(H,24,30)(H,26,27,28). The number of amides is 1. The smallest absolute Gasteiger partial charge is 0.227 e. The first-order valence-corrected chi connectivity index (χ1v) is 10.6. The summed E-state index contributed by atoms with van der Waals surface area (Å²) < 4.78 is 31.6. The van der Waals surface area contributed by atoms with Gasteiger partial charge in [0.25, 0.3) is 0 Å². The summed E-state index contributed by atoms with van der Waals surface area (Å²) in [5.41, 5.74) is 1.93. The number of nitrogens with zero attached hydrogens (tertiary/aromatic N) is 4. The molecule has 0 aliphatic rings. The molecule has 4 aromatic rings. The number of H-pyrrole nitrogens is 1. The zero-order valence-electron chi connectivity index (χ0n) is 16.9. The molecule has 0 bridgehead atoms. The van der Waals surface area contributed by atoms with Gasteiger partial charge in [0.05, 0.1) is 5.75 Å². The van der Waals surface area contributed by atoms with Crippen LogP contribution in [0.5, 0.6) is 0 Å². The van der Waals surface area contributed by atoms with E-state index in [1.807, 2.05) is 0 Å². The van der Waals surface area contributed by atoms with Gasteiger partial charge in [-0.05, 0) is 48.9 Å². The number of hydrogen-bond acceptors (Lipinski definition) is 7. The summed E-state index contributed by atoms with van der Waals surface area (Å²) >= 11 is 1.31. The number of hydrogen-bond donors (Lipinski definition) is 2. The van der Waals surface area contributed by atoms with Gasteiger partial charge in [-0.3, -0.25) is 9.89 Å². The summed E-state index contributed by atoms with van der Waals surface area (Å²) in [6.45, 7) is 1.79. The first-order chi connectivity index (χ1) is 15.5. The van der Waals surface area contributed by atoms with Crippen molar-refractivity contribution in [2.24, 2.45) is 0 Å². The predicted molar refractivity (Wildman–Crippen MR) is 114 cm³/mol. The van der Waals surface area contributed by atoms with Gasteiger partial charge in [-0.2, -0.15) is 4.98 Å². The Morgan fingerprint density at radius 2 is 1.91 bits per heavy atom. The second-order valence-corrected chi connectivity index (χ2v) is 7.82. The van der Waals surface area contributed by atoms with Crippen molar-refractivity contribution < 1.29 is 18.1 Å². The third-order valence-corrected chi connectivity index (χ3v) is 5.31. The van der Waals surface area contributed by atoms with Gasteiger partial charge >= 0.3 is 0 Å². The van der Waals surface area contributed by atoms with Crippen molar-refractivity contribution in [3.05, 3.63) is 71.4 Å². The number of aryl methyl sites for hydroxylation is 2. The zero-order valence-corrected chi connectivity index (χ0v) is 17.7. The lowest BCUT2D eigenvalue weighted by Gasteiger charge is -2.07. The second-order valence-electron chi connectivity index (χ2n) is 6.87.